The van der Waals surface area contributed by atoms with Gasteiger partial charge in [0.25, 0.3) is 0 Å². The van der Waals surface area contributed by atoms with Gasteiger partial charge in [-0.15, -0.1) is 0 Å². The van der Waals surface area contributed by atoms with Gasteiger partial charge in [-0.1, -0.05) is 0 Å². The maximum atomic E-state index is 3.85. The molecule has 0 saturated carbocycles. The molecule has 3 nitrogen and oxygen atoms in total. The molecule has 0 aliphatic rings. The van der Waals surface area contributed by atoms with E-state index < -0.39 is 0 Å². The Morgan fingerprint density at radius 2 is 2.25 bits per heavy atom. The molecule has 0 aliphatic heterocycles. The van der Waals surface area contributed by atoms with Crippen LogP contribution in [0.4, 0.5) is 0 Å². The van der Waals surface area contributed by atoms with E-state index in [1.807, 2.05) is 14.0 Å². The number of hydrogen-bond acceptors (Lipinski definition) is 2. The van der Waals surface area contributed by atoms with Gasteiger partial charge in [-0.25, -0.2) is 0 Å². The van der Waals surface area contributed by atoms with Crippen LogP contribution < -0.4 is 3.71 Å². The van der Waals surface area contributed by atoms with Crippen molar-refractivity contribution in [1.29, 1.82) is 0 Å². The van der Waals surface area contributed by atoms with Gasteiger partial charge in [0.2, 0.25) is 0 Å². The van der Waals surface area contributed by atoms with E-state index in [0.29, 0.717) is 0 Å². The molecular formula is C4H6N3Sn. The minimum absolute atomic E-state index is 1.05. The molecule has 1 rings (SSSR count). The molecular weight excluding hydrogens is 209 g/mol. The second-order valence-electron chi connectivity index (χ2n) is 1.65. The Balaban J connectivity index is 3.19. The van der Waals surface area contributed by atoms with E-state index in [-0.39, 0.29) is 0 Å². The van der Waals surface area contributed by atoms with Crippen LogP contribution in [0.3, 0.4) is 0 Å². The van der Waals surface area contributed by atoms with Crippen LogP contribution in [0, 0.1) is 6.92 Å². The van der Waals surface area contributed by atoms with E-state index in [1.54, 1.807) is 4.68 Å². The molecule has 0 aromatic carbocycles. The first-order valence-electron chi connectivity index (χ1n) is 2.29. The third kappa shape index (κ3) is 0.865. The summed E-state index contributed by atoms with van der Waals surface area (Å²) in [4.78, 5) is 0. The topological polar surface area (TPSA) is 30.7 Å². The van der Waals surface area contributed by atoms with Crippen LogP contribution in [-0.2, 0) is 7.05 Å². The summed E-state index contributed by atoms with van der Waals surface area (Å²) in [6.07, 6.45) is 0. The van der Waals surface area contributed by atoms with Crippen molar-refractivity contribution in [2.24, 2.45) is 7.05 Å². The van der Waals surface area contributed by atoms with Crippen molar-refractivity contribution in [3.8, 4) is 0 Å². The van der Waals surface area contributed by atoms with Gasteiger partial charge in [0, 0.05) is 0 Å². The zero-order valence-electron chi connectivity index (χ0n) is 4.84. The molecule has 41 valence electrons. The van der Waals surface area contributed by atoms with Crippen LogP contribution in [0.2, 0.25) is 0 Å². The quantitative estimate of drug-likeness (QED) is 0.515. The molecule has 0 saturated heterocycles. The molecule has 1 aromatic heterocycles. The Morgan fingerprint density at radius 1 is 1.62 bits per heavy atom. The van der Waals surface area contributed by atoms with Crippen molar-refractivity contribution >= 4 is 26.2 Å². The Bertz CT molecular complexity index is 174. The number of nitrogens with zero attached hydrogens (tertiary/aromatic N) is 3. The van der Waals surface area contributed by atoms with Crippen LogP contribution in [0.25, 0.3) is 0 Å². The third-order valence-corrected chi connectivity index (χ3v) is 2.95. The molecule has 0 aliphatic carbocycles. The van der Waals surface area contributed by atoms with Gasteiger partial charge in [0.15, 0.2) is 0 Å². The predicted molar refractivity (Wildman–Crippen MR) is 31.1 cm³/mol. The number of rotatable bonds is 0. The van der Waals surface area contributed by atoms with E-state index in [1.165, 1.54) is 26.2 Å². The Kier molecular flexibility index (Phi) is 1.55. The molecule has 4 heteroatoms. The fourth-order valence-electron chi connectivity index (χ4n) is 0.460. The van der Waals surface area contributed by atoms with E-state index in [9.17, 15) is 0 Å². The third-order valence-electron chi connectivity index (χ3n) is 0.995. The van der Waals surface area contributed by atoms with Gasteiger partial charge in [0.1, 0.15) is 0 Å². The van der Waals surface area contributed by atoms with E-state index in [0.717, 1.165) is 5.69 Å². The van der Waals surface area contributed by atoms with Crippen LogP contribution in [0.5, 0.6) is 0 Å². The van der Waals surface area contributed by atoms with Gasteiger partial charge < -0.3 is 0 Å². The maximum absolute atomic E-state index is 3.85. The van der Waals surface area contributed by atoms with Crippen molar-refractivity contribution in [3.63, 3.8) is 0 Å². The summed E-state index contributed by atoms with van der Waals surface area (Å²) in [7, 11) is 1.91. The Morgan fingerprint density at radius 3 is 2.38 bits per heavy atom. The molecule has 0 bridgehead atoms. The standard InChI is InChI=1S/C4H6N3.Sn/c1-4-3-7(2)6-5-4;/h1-2H3;. The average molecular weight is 215 g/mol. The van der Waals surface area contributed by atoms with Gasteiger partial charge >= 0.3 is 60.9 Å². The zero-order chi connectivity index (χ0) is 6.15. The van der Waals surface area contributed by atoms with Crippen molar-refractivity contribution in [3.05, 3.63) is 5.69 Å². The zero-order valence-corrected chi connectivity index (χ0v) is 7.70. The molecule has 0 amide bonds. The first-order chi connectivity index (χ1) is 3.72. The van der Waals surface area contributed by atoms with E-state index in [2.05, 4.69) is 10.3 Å². The Hall–Kier alpha value is -0.0613. The molecule has 1 aromatic rings. The molecule has 1 heterocycles. The summed E-state index contributed by atoms with van der Waals surface area (Å²) >= 11 is 1.38. The van der Waals surface area contributed by atoms with Crippen LogP contribution in [0.1, 0.15) is 5.69 Å². The number of hydrogen-bond donors (Lipinski definition) is 0. The molecule has 0 N–H and O–H groups in total. The second-order valence-corrected chi connectivity index (χ2v) is 3.00. The predicted octanol–water partition coefficient (Wildman–Crippen LogP) is -1.08. The molecule has 0 unspecified atom stereocenters. The summed E-state index contributed by atoms with van der Waals surface area (Å²) in [5.74, 6) is 0. The van der Waals surface area contributed by atoms with Crippen LogP contribution >= 0.6 is 0 Å². The first kappa shape index (κ1) is 6.06. The molecule has 0 fully saturated rings. The van der Waals surface area contributed by atoms with Crippen molar-refractivity contribution in [1.82, 2.24) is 15.0 Å². The number of aromatic nitrogens is 3. The first-order valence-corrected chi connectivity index (χ1v) is 3.72. The van der Waals surface area contributed by atoms with E-state index >= 15 is 0 Å². The van der Waals surface area contributed by atoms with Crippen molar-refractivity contribution < 1.29 is 0 Å². The van der Waals surface area contributed by atoms with Gasteiger partial charge in [-0.3, -0.25) is 0 Å². The molecule has 8 heavy (non-hydrogen) atoms. The van der Waals surface area contributed by atoms with Gasteiger partial charge in [0.05, 0.1) is 0 Å². The summed E-state index contributed by atoms with van der Waals surface area (Å²) < 4.78 is 3.02. The summed E-state index contributed by atoms with van der Waals surface area (Å²) in [6, 6.07) is 0. The summed E-state index contributed by atoms with van der Waals surface area (Å²) in [6.45, 7) is 1.97. The van der Waals surface area contributed by atoms with E-state index in [4.69, 9.17) is 0 Å². The second kappa shape index (κ2) is 2.05. The average Bonchev–Trinajstić information content (AvgIpc) is 1.98. The SMILES string of the molecule is Cc1nnn(C)[c]1[Sn]. The normalized spacial score (nSPS) is 9.88. The monoisotopic (exact) mass is 216 g/mol. The van der Waals surface area contributed by atoms with Crippen molar-refractivity contribution in [2.75, 3.05) is 0 Å². The summed E-state index contributed by atoms with van der Waals surface area (Å²) in [5.41, 5.74) is 1.05. The van der Waals surface area contributed by atoms with Gasteiger partial charge in [-0.2, -0.15) is 0 Å². The molecule has 0 atom stereocenters. The number of aryl methyl sites for hydroxylation is 2. The fourth-order valence-corrected chi connectivity index (χ4v) is 0.731. The van der Waals surface area contributed by atoms with Crippen LogP contribution in [-0.4, -0.2) is 37.5 Å². The Labute approximate surface area is 61.2 Å². The molecule has 0 spiro atoms. The van der Waals surface area contributed by atoms with Gasteiger partial charge in [-0.05, 0) is 0 Å². The van der Waals surface area contributed by atoms with Crippen LogP contribution in [0.15, 0.2) is 0 Å². The summed E-state index contributed by atoms with van der Waals surface area (Å²) in [5, 5.41) is 7.66. The van der Waals surface area contributed by atoms with Crippen molar-refractivity contribution in [2.45, 2.75) is 6.92 Å². The minimum atomic E-state index is 1.05. The molecule has 3 radical (unpaired) electrons. The fraction of sp³-hybridized carbons (Fsp3) is 0.500.